The van der Waals surface area contributed by atoms with E-state index in [4.69, 9.17) is 4.18 Å². The lowest BCUT2D eigenvalue weighted by atomic mass is 10.2. The Bertz CT molecular complexity index is 530. The third-order valence-electron chi connectivity index (χ3n) is 2.01. The molecule has 0 saturated carbocycles. The summed E-state index contributed by atoms with van der Waals surface area (Å²) in [6.07, 6.45) is 0. The summed E-state index contributed by atoms with van der Waals surface area (Å²) in [5.74, 6) is 0. The van der Waals surface area contributed by atoms with E-state index in [-0.39, 0.29) is 11.5 Å². The minimum absolute atomic E-state index is 0.0685. The molecule has 1 aromatic carbocycles. The molecule has 0 spiro atoms. The molecule has 16 heavy (non-hydrogen) atoms. The van der Waals surface area contributed by atoms with E-state index in [1.54, 1.807) is 10.8 Å². The standard InChI is InChI=1S/C11H10O3S2/c12-16(13,11-6-7-15-9-11)14-8-10-4-2-1-3-5-10/h1-7,9H,8H2. The van der Waals surface area contributed by atoms with Gasteiger partial charge in [-0.25, -0.2) is 0 Å². The molecule has 0 radical (unpaired) electrons. The van der Waals surface area contributed by atoms with E-state index >= 15 is 0 Å². The van der Waals surface area contributed by atoms with Crippen molar-refractivity contribution in [2.24, 2.45) is 0 Å². The highest BCUT2D eigenvalue weighted by Crippen LogP contribution is 2.17. The topological polar surface area (TPSA) is 43.4 Å². The zero-order valence-electron chi connectivity index (χ0n) is 8.37. The first-order chi connectivity index (χ1) is 7.68. The smallest absolute Gasteiger partial charge is 0.262 e. The van der Waals surface area contributed by atoms with E-state index in [2.05, 4.69) is 0 Å². The van der Waals surface area contributed by atoms with Crippen LogP contribution < -0.4 is 0 Å². The van der Waals surface area contributed by atoms with Crippen LogP contribution >= 0.6 is 11.3 Å². The van der Waals surface area contributed by atoms with Crippen LogP contribution in [0.15, 0.2) is 52.1 Å². The molecule has 0 N–H and O–H groups in total. The van der Waals surface area contributed by atoms with Crippen LogP contribution in [0.1, 0.15) is 5.56 Å². The molecule has 0 aliphatic carbocycles. The molecule has 3 nitrogen and oxygen atoms in total. The van der Waals surface area contributed by atoms with Gasteiger partial charge in [0.1, 0.15) is 4.90 Å². The van der Waals surface area contributed by atoms with Crippen LogP contribution in [0.2, 0.25) is 0 Å². The summed E-state index contributed by atoms with van der Waals surface area (Å²) in [6, 6.07) is 10.7. The molecular weight excluding hydrogens is 244 g/mol. The van der Waals surface area contributed by atoms with Crippen LogP contribution in [-0.2, 0) is 20.9 Å². The minimum atomic E-state index is -3.60. The maximum absolute atomic E-state index is 11.7. The van der Waals surface area contributed by atoms with E-state index in [1.165, 1.54) is 17.4 Å². The second kappa shape index (κ2) is 4.78. The molecule has 1 aromatic heterocycles. The van der Waals surface area contributed by atoms with Gasteiger partial charge in [0, 0.05) is 5.38 Å². The summed E-state index contributed by atoms with van der Waals surface area (Å²) in [5, 5.41) is 3.26. The van der Waals surface area contributed by atoms with Crippen molar-refractivity contribution in [2.75, 3.05) is 0 Å². The van der Waals surface area contributed by atoms with Crippen molar-refractivity contribution in [3.63, 3.8) is 0 Å². The van der Waals surface area contributed by atoms with Gasteiger partial charge in [-0.1, -0.05) is 30.3 Å². The first kappa shape index (κ1) is 11.3. The molecule has 2 aromatic rings. The van der Waals surface area contributed by atoms with Crippen molar-refractivity contribution in [2.45, 2.75) is 11.5 Å². The van der Waals surface area contributed by atoms with E-state index < -0.39 is 10.1 Å². The first-order valence-electron chi connectivity index (χ1n) is 4.64. The van der Waals surface area contributed by atoms with Gasteiger partial charge in [0.05, 0.1) is 6.61 Å². The summed E-state index contributed by atoms with van der Waals surface area (Å²) in [6.45, 7) is 0.0685. The van der Waals surface area contributed by atoms with Gasteiger partial charge in [0.15, 0.2) is 0 Å². The highest BCUT2D eigenvalue weighted by Gasteiger charge is 2.15. The van der Waals surface area contributed by atoms with Gasteiger partial charge < -0.3 is 0 Å². The van der Waals surface area contributed by atoms with Crippen LogP contribution in [0.5, 0.6) is 0 Å². The van der Waals surface area contributed by atoms with Crippen molar-refractivity contribution in [3.8, 4) is 0 Å². The van der Waals surface area contributed by atoms with Crippen LogP contribution in [0.25, 0.3) is 0 Å². The second-order valence-electron chi connectivity index (χ2n) is 3.16. The zero-order valence-corrected chi connectivity index (χ0v) is 10.0. The Balaban J connectivity index is 2.07. The van der Waals surface area contributed by atoms with E-state index in [0.717, 1.165) is 5.56 Å². The number of rotatable bonds is 4. The fourth-order valence-corrected chi connectivity index (χ4v) is 3.08. The van der Waals surface area contributed by atoms with Crippen LogP contribution in [0.3, 0.4) is 0 Å². The fourth-order valence-electron chi connectivity index (χ4n) is 1.18. The first-order valence-corrected chi connectivity index (χ1v) is 6.99. The third kappa shape index (κ3) is 2.69. The molecule has 0 saturated heterocycles. The Hall–Kier alpha value is -1.17. The lowest BCUT2D eigenvalue weighted by Crippen LogP contribution is -2.05. The van der Waals surface area contributed by atoms with E-state index in [0.29, 0.717) is 0 Å². The van der Waals surface area contributed by atoms with Gasteiger partial charge in [-0.3, -0.25) is 4.18 Å². The molecule has 1 heterocycles. The Labute approximate surface area is 98.4 Å². The number of hydrogen-bond acceptors (Lipinski definition) is 4. The van der Waals surface area contributed by atoms with Gasteiger partial charge in [0.2, 0.25) is 0 Å². The zero-order chi connectivity index (χ0) is 11.4. The fraction of sp³-hybridized carbons (Fsp3) is 0.0909. The molecule has 2 rings (SSSR count). The van der Waals surface area contributed by atoms with Crippen LogP contribution in [-0.4, -0.2) is 8.42 Å². The van der Waals surface area contributed by atoms with Crippen molar-refractivity contribution in [1.29, 1.82) is 0 Å². The average Bonchev–Trinajstić information content (AvgIpc) is 2.82. The van der Waals surface area contributed by atoms with Gasteiger partial charge in [-0.2, -0.15) is 19.8 Å². The summed E-state index contributed by atoms with van der Waals surface area (Å²) in [5.41, 5.74) is 0.835. The number of benzene rings is 1. The molecule has 0 unspecified atom stereocenters. The van der Waals surface area contributed by atoms with Crippen LogP contribution in [0.4, 0.5) is 0 Å². The normalized spacial score (nSPS) is 11.5. The molecule has 0 bridgehead atoms. The van der Waals surface area contributed by atoms with E-state index in [1.807, 2.05) is 30.3 Å². The van der Waals surface area contributed by atoms with E-state index in [9.17, 15) is 8.42 Å². The van der Waals surface area contributed by atoms with Crippen molar-refractivity contribution < 1.29 is 12.6 Å². The summed E-state index contributed by atoms with van der Waals surface area (Å²) in [7, 11) is -3.60. The molecule has 5 heteroatoms. The second-order valence-corrected chi connectivity index (χ2v) is 5.56. The van der Waals surface area contributed by atoms with Gasteiger partial charge >= 0.3 is 0 Å². The Morgan fingerprint density at radius 3 is 2.50 bits per heavy atom. The average molecular weight is 254 g/mol. The number of thiophene rings is 1. The largest absolute Gasteiger partial charge is 0.298 e. The molecule has 0 fully saturated rings. The SMILES string of the molecule is O=S(=O)(OCc1ccccc1)c1ccsc1. The Morgan fingerprint density at radius 2 is 1.88 bits per heavy atom. The highest BCUT2D eigenvalue weighted by molar-refractivity contribution is 7.86. The van der Waals surface area contributed by atoms with Gasteiger partial charge in [0.25, 0.3) is 10.1 Å². The summed E-state index contributed by atoms with van der Waals surface area (Å²) >= 11 is 1.33. The molecule has 0 amide bonds. The predicted octanol–water partition coefficient (Wildman–Crippen LogP) is 2.65. The van der Waals surface area contributed by atoms with Crippen molar-refractivity contribution >= 4 is 21.5 Å². The third-order valence-corrected chi connectivity index (χ3v) is 4.10. The summed E-state index contributed by atoms with van der Waals surface area (Å²) in [4.78, 5) is 0.216. The minimum Gasteiger partial charge on any atom is -0.262 e. The van der Waals surface area contributed by atoms with Crippen LogP contribution in [0, 0.1) is 0 Å². The molecule has 84 valence electrons. The highest BCUT2D eigenvalue weighted by atomic mass is 32.2. The molecule has 0 atom stereocenters. The Kier molecular flexibility index (Phi) is 3.38. The number of hydrogen-bond donors (Lipinski definition) is 0. The summed E-state index contributed by atoms with van der Waals surface area (Å²) < 4.78 is 28.2. The predicted molar refractivity (Wildman–Crippen MR) is 62.7 cm³/mol. The van der Waals surface area contributed by atoms with Crippen molar-refractivity contribution in [1.82, 2.24) is 0 Å². The van der Waals surface area contributed by atoms with Crippen molar-refractivity contribution in [3.05, 3.63) is 52.7 Å². The van der Waals surface area contributed by atoms with Gasteiger partial charge in [-0.15, -0.1) is 0 Å². The maximum atomic E-state index is 11.7. The Morgan fingerprint density at radius 1 is 1.12 bits per heavy atom. The maximum Gasteiger partial charge on any atom is 0.298 e. The molecule has 0 aliphatic heterocycles. The lowest BCUT2D eigenvalue weighted by molar-refractivity contribution is 0.308. The van der Waals surface area contributed by atoms with Gasteiger partial charge in [-0.05, 0) is 17.0 Å². The monoisotopic (exact) mass is 254 g/mol. The lowest BCUT2D eigenvalue weighted by Gasteiger charge is -2.03. The molecule has 0 aliphatic rings. The quantitative estimate of drug-likeness (QED) is 0.788. The molecular formula is C11H10O3S2.